The van der Waals surface area contributed by atoms with Crippen LogP contribution in [0, 0.1) is 0 Å². The number of carboxylic acids is 3. The lowest BCUT2D eigenvalue weighted by Gasteiger charge is -2.46. The molecule has 28 heavy (non-hydrogen) atoms. The Morgan fingerprint density at radius 2 is 1.11 bits per heavy atom. The van der Waals surface area contributed by atoms with Crippen molar-refractivity contribution in [3.05, 3.63) is 12.2 Å². The maximum atomic E-state index is 11.7. The van der Waals surface area contributed by atoms with Crippen molar-refractivity contribution in [2.45, 2.75) is 97.2 Å². The van der Waals surface area contributed by atoms with Gasteiger partial charge in [-0.2, -0.15) is 0 Å². The Balaban J connectivity index is 5.10. The van der Waals surface area contributed by atoms with Crippen LogP contribution in [0.25, 0.3) is 0 Å². The smallest absolute Gasteiger partial charge is 0.362 e. The molecule has 3 atom stereocenters. The van der Waals surface area contributed by atoms with E-state index < -0.39 is 40.5 Å². The summed E-state index contributed by atoms with van der Waals surface area (Å²) in [6, 6.07) is -3.50. The van der Waals surface area contributed by atoms with Crippen LogP contribution in [-0.2, 0) is 14.4 Å². The third-order valence-electron chi connectivity index (χ3n) is 5.80. The fourth-order valence-electron chi connectivity index (χ4n) is 3.69. The highest BCUT2D eigenvalue weighted by Gasteiger charge is 2.52. The van der Waals surface area contributed by atoms with Gasteiger partial charge in [-0.25, -0.2) is 14.4 Å². The number of hydrogen-bond acceptors (Lipinski definition) is 3. The molecule has 0 aromatic rings. The first kappa shape index (κ1) is 26.1. The number of allylic oxidation sites excluding steroid dienone is 1. The molecule has 0 radical (unpaired) electrons. The largest absolute Gasteiger partial charge is 0.477 e. The van der Waals surface area contributed by atoms with Crippen LogP contribution in [-0.4, -0.2) is 62.4 Å². The average molecular weight is 401 g/mol. The van der Waals surface area contributed by atoms with Crippen LogP contribution >= 0.6 is 0 Å². The molecule has 0 bridgehead atoms. The topological polar surface area (TPSA) is 112 Å². The number of unbranched alkanes of at least 4 members (excludes halogenated alkanes) is 7. The molecule has 7 heteroatoms. The molecular formula is C21H38NO6+. The van der Waals surface area contributed by atoms with E-state index in [9.17, 15) is 29.7 Å². The van der Waals surface area contributed by atoms with Gasteiger partial charge in [-0.05, 0) is 39.7 Å². The lowest BCUT2D eigenvalue weighted by molar-refractivity contribution is -0.962. The molecule has 0 fully saturated rings. The molecule has 0 aliphatic rings. The molecule has 162 valence electrons. The van der Waals surface area contributed by atoms with Gasteiger partial charge in [-0.3, -0.25) is 4.48 Å². The third kappa shape index (κ3) is 7.62. The van der Waals surface area contributed by atoms with E-state index in [1.165, 1.54) is 52.9 Å². The fourth-order valence-corrected chi connectivity index (χ4v) is 3.69. The highest BCUT2D eigenvalue weighted by Crippen LogP contribution is 2.26. The van der Waals surface area contributed by atoms with Crippen LogP contribution in [0.2, 0.25) is 0 Å². The van der Waals surface area contributed by atoms with Crippen molar-refractivity contribution in [3.8, 4) is 0 Å². The normalized spacial score (nSPS) is 17.0. The SMILES string of the molecule is CCCCCCCCC/C=C/C[N+](C(C)C(=O)O)(C(C)C(=O)O)C(C)C(=O)O. The molecule has 0 rings (SSSR count). The predicted octanol–water partition coefficient (Wildman–Crippen LogP) is 3.92. The molecule has 0 saturated carbocycles. The van der Waals surface area contributed by atoms with Gasteiger partial charge in [0.2, 0.25) is 0 Å². The van der Waals surface area contributed by atoms with Gasteiger partial charge in [0.1, 0.15) is 0 Å². The molecule has 0 aromatic carbocycles. The maximum absolute atomic E-state index is 11.7. The molecule has 0 aliphatic heterocycles. The second-order valence-corrected chi connectivity index (χ2v) is 7.60. The summed E-state index contributed by atoms with van der Waals surface area (Å²) < 4.78 is -0.562. The van der Waals surface area contributed by atoms with Crippen molar-refractivity contribution in [3.63, 3.8) is 0 Å². The fraction of sp³-hybridized carbons (Fsp3) is 0.762. The Hall–Kier alpha value is -1.89. The zero-order valence-electron chi connectivity index (χ0n) is 17.8. The molecule has 0 spiro atoms. The van der Waals surface area contributed by atoms with Crippen LogP contribution in [0.1, 0.15) is 79.1 Å². The number of aliphatic carboxylic acids is 3. The molecule has 0 saturated heterocycles. The summed E-state index contributed by atoms with van der Waals surface area (Å²) in [5.41, 5.74) is 0. The number of hydrogen-bond donors (Lipinski definition) is 3. The first-order valence-electron chi connectivity index (χ1n) is 10.3. The minimum atomic E-state index is -1.21. The second-order valence-electron chi connectivity index (χ2n) is 7.60. The van der Waals surface area contributed by atoms with Gasteiger partial charge in [-0.1, -0.05) is 51.5 Å². The molecule has 0 aliphatic carbocycles. The van der Waals surface area contributed by atoms with Crippen molar-refractivity contribution in [1.29, 1.82) is 0 Å². The maximum Gasteiger partial charge on any atom is 0.362 e. The number of nitrogens with zero attached hydrogens (tertiary/aromatic N) is 1. The zero-order chi connectivity index (χ0) is 21.7. The molecule has 0 amide bonds. The number of rotatable bonds is 16. The Morgan fingerprint density at radius 3 is 1.50 bits per heavy atom. The Kier molecular flexibility index (Phi) is 12.4. The summed E-state index contributed by atoms with van der Waals surface area (Å²) in [5, 5.41) is 28.5. The highest BCUT2D eigenvalue weighted by atomic mass is 16.4. The van der Waals surface area contributed by atoms with E-state index in [-0.39, 0.29) is 6.54 Å². The van der Waals surface area contributed by atoms with Crippen LogP contribution in [0.3, 0.4) is 0 Å². The lowest BCUT2D eigenvalue weighted by Crippen LogP contribution is -2.70. The van der Waals surface area contributed by atoms with Crippen LogP contribution in [0.15, 0.2) is 12.2 Å². The summed E-state index contributed by atoms with van der Waals surface area (Å²) in [5.74, 6) is -3.62. The minimum Gasteiger partial charge on any atom is -0.477 e. The van der Waals surface area contributed by atoms with E-state index in [1.807, 2.05) is 6.08 Å². The number of carboxylic acid groups (broad SMARTS) is 3. The van der Waals surface area contributed by atoms with Crippen molar-refractivity contribution < 1.29 is 34.2 Å². The summed E-state index contributed by atoms with van der Waals surface area (Å²) in [7, 11) is 0. The second kappa shape index (κ2) is 13.3. The predicted molar refractivity (Wildman–Crippen MR) is 108 cm³/mol. The van der Waals surface area contributed by atoms with Crippen LogP contribution < -0.4 is 0 Å². The zero-order valence-corrected chi connectivity index (χ0v) is 17.8. The van der Waals surface area contributed by atoms with Crippen LogP contribution in [0.5, 0.6) is 0 Å². The van der Waals surface area contributed by atoms with Gasteiger partial charge in [0, 0.05) is 0 Å². The summed E-state index contributed by atoms with van der Waals surface area (Å²) >= 11 is 0. The Bertz CT molecular complexity index is 481. The molecule has 3 unspecified atom stereocenters. The minimum absolute atomic E-state index is 0.0465. The van der Waals surface area contributed by atoms with Gasteiger partial charge >= 0.3 is 17.9 Å². The van der Waals surface area contributed by atoms with Gasteiger partial charge in [0.25, 0.3) is 0 Å². The first-order valence-corrected chi connectivity index (χ1v) is 10.3. The highest BCUT2D eigenvalue weighted by molar-refractivity contribution is 5.77. The molecule has 7 nitrogen and oxygen atoms in total. The number of carbonyl (C=O) groups is 3. The van der Waals surface area contributed by atoms with Crippen LogP contribution in [0.4, 0.5) is 0 Å². The first-order chi connectivity index (χ1) is 13.1. The van der Waals surface area contributed by atoms with E-state index in [2.05, 4.69) is 6.92 Å². The summed E-state index contributed by atoms with van der Waals surface area (Å²) in [4.78, 5) is 35.0. The third-order valence-corrected chi connectivity index (χ3v) is 5.80. The van der Waals surface area contributed by atoms with Crippen molar-refractivity contribution in [1.82, 2.24) is 0 Å². The Labute approximate surface area is 168 Å². The number of quaternary nitrogens is 1. The van der Waals surface area contributed by atoms with E-state index in [0.717, 1.165) is 19.3 Å². The van der Waals surface area contributed by atoms with Gasteiger partial charge in [0.05, 0.1) is 6.54 Å². The molecular weight excluding hydrogens is 362 g/mol. The average Bonchev–Trinajstić information content (AvgIpc) is 2.64. The van der Waals surface area contributed by atoms with Crippen molar-refractivity contribution in [2.24, 2.45) is 0 Å². The molecule has 0 heterocycles. The van der Waals surface area contributed by atoms with Gasteiger partial charge in [0.15, 0.2) is 18.1 Å². The summed E-state index contributed by atoms with van der Waals surface area (Å²) in [6.45, 7) is 6.37. The van der Waals surface area contributed by atoms with E-state index in [1.54, 1.807) is 6.08 Å². The van der Waals surface area contributed by atoms with E-state index >= 15 is 0 Å². The van der Waals surface area contributed by atoms with E-state index in [4.69, 9.17) is 0 Å². The molecule has 0 aromatic heterocycles. The molecule has 3 N–H and O–H groups in total. The summed E-state index contributed by atoms with van der Waals surface area (Å²) in [6.07, 6.45) is 12.8. The monoisotopic (exact) mass is 400 g/mol. The van der Waals surface area contributed by atoms with Gasteiger partial charge < -0.3 is 15.3 Å². The van der Waals surface area contributed by atoms with E-state index in [0.29, 0.717) is 0 Å². The Morgan fingerprint density at radius 1 is 0.714 bits per heavy atom. The quantitative estimate of drug-likeness (QED) is 0.206. The van der Waals surface area contributed by atoms with Crippen molar-refractivity contribution in [2.75, 3.05) is 6.54 Å². The lowest BCUT2D eigenvalue weighted by atomic mass is 10.0. The standard InChI is InChI=1S/C21H37NO6/c1-5-6-7-8-9-10-11-12-13-14-15-22(16(2)19(23)24,17(3)20(25)26)18(4)21(27)28/h13-14,16-18H,5-12,15H2,1-4H3,(H2-,23,24,25,26,27,28)/p+1/b14-13+. The van der Waals surface area contributed by atoms with Crippen molar-refractivity contribution >= 4 is 17.9 Å². The van der Waals surface area contributed by atoms with Gasteiger partial charge in [-0.15, -0.1) is 0 Å².